The molecule has 1 rings (SSSR count). The first-order chi connectivity index (χ1) is 9.92. The molecule has 7 heteroatoms. The van der Waals surface area contributed by atoms with Crippen LogP contribution in [0, 0.1) is 0 Å². The number of alkyl carbamates (subject to hydrolysis) is 1. The van der Waals surface area contributed by atoms with Gasteiger partial charge in [0.25, 0.3) is 0 Å². The normalized spacial score (nSPS) is 11.0. The molecule has 7 nitrogen and oxygen atoms in total. The molecule has 0 spiro atoms. The average Bonchev–Trinajstić information content (AvgIpc) is 2.40. The van der Waals surface area contributed by atoms with E-state index in [1.807, 2.05) is 20.8 Å². The number of carbonyl (C=O) groups is 1. The lowest BCUT2D eigenvalue weighted by atomic mass is 10.2. The quantitative estimate of drug-likeness (QED) is 0.737. The van der Waals surface area contributed by atoms with Gasteiger partial charge in [0.15, 0.2) is 0 Å². The highest BCUT2D eigenvalue weighted by Crippen LogP contribution is 2.14. The van der Waals surface area contributed by atoms with E-state index in [-0.39, 0.29) is 13.2 Å². The van der Waals surface area contributed by atoms with Crippen LogP contribution in [0.15, 0.2) is 12.5 Å². The zero-order chi connectivity index (χ0) is 15.7. The van der Waals surface area contributed by atoms with E-state index < -0.39 is 11.7 Å². The number of nitrogens with zero attached hydrogens (tertiary/aromatic N) is 2. The molecule has 0 radical (unpaired) electrons. The Hall–Kier alpha value is -1.89. The highest BCUT2D eigenvalue weighted by Gasteiger charge is 2.15. The van der Waals surface area contributed by atoms with Crippen LogP contribution < -0.4 is 10.1 Å². The molecule has 1 aromatic heterocycles. The summed E-state index contributed by atoms with van der Waals surface area (Å²) >= 11 is 0. The fraction of sp³-hybridized carbons (Fsp3) is 0.643. The Labute approximate surface area is 124 Å². The van der Waals surface area contributed by atoms with Gasteiger partial charge >= 0.3 is 6.09 Å². The molecule has 0 aliphatic heterocycles. The molecule has 0 fully saturated rings. The molecule has 0 aromatic carbocycles. The van der Waals surface area contributed by atoms with Crippen LogP contribution in [-0.2, 0) is 11.2 Å². The molecule has 0 bridgehead atoms. The smallest absolute Gasteiger partial charge is 0.407 e. The second-order valence-electron chi connectivity index (χ2n) is 5.46. The minimum atomic E-state index is -0.497. The van der Waals surface area contributed by atoms with Crippen molar-refractivity contribution in [2.24, 2.45) is 0 Å². The fourth-order valence-electron chi connectivity index (χ4n) is 1.57. The van der Waals surface area contributed by atoms with Crippen LogP contribution in [0.25, 0.3) is 0 Å². The topological polar surface area (TPSA) is 93.6 Å². The Morgan fingerprint density at radius 3 is 2.86 bits per heavy atom. The van der Waals surface area contributed by atoms with Gasteiger partial charge < -0.3 is 19.9 Å². The number of amides is 1. The third-order valence-electron chi connectivity index (χ3n) is 2.37. The molecule has 0 unspecified atom stereocenters. The van der Waals surface area contributed by atoms with Crippen molar-refractivity contribution in [1.82, 2.24) is 15.3 Å². The van der Waals surface area contributed by atoms with Crippen LogP contribution in [0.5, 0.6) is 5.88 Å². The molecule has 0 atom stereocenters. The number of aromatic nitrogens is 2. The molecule has 1 aromatic rings. The Morgan fingerprint density at radius 1 is 1.43 bits per heavy atom. The van der Waals surface area contributed by atoms with E-state index >= 15 is 0 Å². The summed E-state index contributed by atoms with van der Waals surface area (Å²) in [5, 5.41) is 11.4. The summed E-state index contributed by atoms with van der Waals surface area (Å²) in [5.74, 6) is 0.469. The third-order valence-corrected chi connectivity index (χ3v) is 2.37. The molecule has 0 aliphatic carbocycles. The van der Waals surface area contributed by atoms with E-state index in [1.165, 1.54) is 6.33 Å². The molecular formula is C14H23N3O4. The summed E-state index contributed by atoms with van der Waals surface area (Å²) in [6.45, 7) is 6.07. The zero-order valence-electron chi connectivity index (χ0n) is 12.8. The summed E-state index contributed by atoms with van der Waals surface area (Å²) in [6, 6.07) is 0. The maximum atomic E-state index is 11.5. The second-order valence-corrected chi connectivity index (χ2v) is 5.46. The number of hydrogen-bond donors (Lipinski definition) is 2. The van der Waals surface area contributed by atoms with Gasteiger partial charge in [0.2, 0.25) is 5.88 Å². The molecule has 0 saturated heterocycles. The average molecular weight is 297 g/mol. The Morgan fingerprint density at radius 2 is 2.19 bits per heavy atom. The molecule has 1 heterocycles. The van der Waals surface area contributed by atoms with Crippen molar-refractivity contribution in [3.63, 3.8) is 0 Å². The monoisotopic (exact) mass is 297 g/mol. The largest absolute Gasteiger partial charge is 0.475 e. The van der Waals surface area contributed by atoms with Crippen LogP contribution >= 0.6 is 0 Å². The molecular weight excluding hydrogens is 274 g/mol. The lowest BCUT2D eigenvalue weighted by Gasteiger charge is -2.19. The summed E-state index contributed by atoms with van der Waals surface area (Å²) in [4.78, 5) is 19.4. The van der Waals surface area contributed by atoms with E-state index in [0.717, 1.165) is 5.56 Å². The van der Waals surface area contributed by atoms with Gasteiger partial charge in [-0.1, -0.05) is 0 Å². The van der Waals surface area contributed by atoms with Gasteiger partial charge in [-0.2, -0.15) is 0 Å². The van der Waals surface area contributed by atoms with Crippen molar-refractivity contribution in [3.05, 3.63) is 18.1 Å². The minimum Gasteiger partial charge on any atom is -0.475 e. The van der Waals surface area contributed by atoms with E-state index in [1.54, 1.807) is 6.20 Å². The number of ether oxygens (including phenoxy) is 2. The van der Waals surface area contributed by atoms with Gasteiger partial charge in [0, 0.05) is 18.3 Å². The highest BCUT2D eigenvalue weighted by molar-refractivity contribution is 5.67. The van der Waals surface area contributed by atoms with E-state index in [4.69, 9.17) is 14.6 Å². The SMILES string of the molecule is CC(C)(C)OC(=O)NCCCc1cncnc1OCCO. The van der Waals surface area contributed by atoms with Gasteiger partial charge in [-0.3, -0.25) is 0 Å². The van der Waals surface area contributed by atoms with Crippen LogP contribution in [0.4, 0.5) is 4.79 Å². The second kappa shape index (κ2) is 8.41. The van der Waals surface area contributed by atoms with E-state index in [0.29, 0.717) is 25.3 Å². The number of aliphatic hydroxyl groups excluding tert-OH is 1. The van der Waals surface area contributed by atoms with Gasteiger partial charge in [0.05, 0.1) is 6.61 Å². The van der Waals surface area contributed by atoms with Crippen molar-refractivity contribution in [1.29, 1.82) is 0 Å². The first-order valence-corrected chi connectivity index (χ1v) is 6.92. The third kappa shape index (κ3) is 7.45. The number of rotatable bonds is 7. The zero-order valence-corrected chi connectivity index (χ0v) is 12.8. The van der Waals surface area contributed by atoms with Gasteiger partial charge in [-0.25, -0.2) is 14.8 Å². The Bertz CT molecular complexity index is 446. The number of nitrogens with one attached hydrogen (secondary N) is 1. The minimum absolute atomic E-state index is 0.0658. The number of aliphatic hydroxyl groups is 1. The van der Waals surface area contributed by atoms with Gasteiger partial charge in [-0.15, -0.1) is 0 Å². The van der Waals surface area contributed by atoms with Crippen LogP contribution in [0.2, 0.25) is 0 Å². The summed E-state index contributed by atoms with van der Waals surface area (Å²) in [7, 11) is 0. The summed E-state index contributed by atoms with van der Waals surface area (Å²) in [6.07, 6.45) is 4.02. The molecule has 0 saturated carbocycles. The first kappa shape index (κ1) is 17.2. The first-order valence-electron chi connectivity index (χ1n) is 6.92. The highest BCUT2D eigenvalue weighted by atomic mass is 16.6. The van der Waals surface area contributed by atoms with Crippen molar-refractivity contribution in [2.75, 3.05) is 19.8 Å². The predicted octanol–water partition coefficient (Wildman–Crippen LogP) is 1.30. The molecule has 21 heavy (non-hydrogen) atoms. The van der Waals surface area contributed by atoms with Crippen LogP contribution in [-0.4, -0.2) is 46.5 Å². The molecule has 2 N–H and O–H groups in total. The van der Waals surface area contributed by atoms with Crippen molar-refractivity contribution >= 4 is 6.09 Å². The number of carbonyl (C=O) groups excluding carboxylic acids is 1. The Kier molecular flexibility index (Phi) is 6.87. The van der Waals surface area contributed by atoms with E-state index in [9.17, 15) is 4.79 Å². The summed E-state index contributed by atoms with van der Waals surface area (Å²) < 4.78 is 10.5. The lowest BCUT2D eigenvalue weighted by molar-refractivity contribution is 0.0527. The fourth-order valence-corrected chi connectivity index (χ4v) is 1.57. The molecule has 118 valence electrons. The molecule has 0 aliphatic rings. The van der Waals surface area contributed by atoms with Crippen molar-refractivity contribution < 1.29 is 19.4 Å². The number of hydrogen-bond acceptors (Lipinski definition) is 6. The summed E-state index contributed by atoms with van der Waals surface area (Å²) in [5.41, 5.74) is 0.347. The molecule has 1 amide bonds. The Balaban J connectivity index is 2.34. The van der Waals surface area contributed by atoms with Crippen molar-refractivity contribution in [3.8, 4) is 5.88 Å². The maximum Gasteiger partial charge on any atom is 0.407 e. The van der Waals surface area contributed by atoms with Crippen LogP contribution in [0.1, 0.15) is 32.8 Å². The van der Waals surface area contributed by atoms with E-state index in [2.05, 4.69) is 15.3 Å². The number of aryl methyl sites for hydroxylation is 1. The lowest BCUT2D eigenvalue weighted by Crippen LogP contribution is -2.33. The van der Waals surface area contributed by atoms with Gasteiger partial charge in [-0.05, 0) is 33.6 Å². The van der Waals surface area contributed by atoms with Crippen LogP contribution in [0.3, 0.4) is 0 Å². The standard InChI is InChI=1S/C14H23N3O4/c1-14(2,3)21-13(19)16-6-4-5-11-9-15-10-17-12(11)20-8-7-18/h9-10,18H,4-8H2,1-3H3,(H,16,19). The predicted molar refractivity (Wildman–Crippen MR) is 77.2 cm³/mol. The maximum absolute atomic E-state index is 11.5. The van der Waals surface area contributed by atoms with Crippen molar-refractivity contribution in [2.45, 2.75) is 39.2 Å². The van der Waals surface area contributed by atoms with Gasteiger partial charge in [0.1, 0.15) is 18.5 Å².